The summed E-state index contributed by atoms with van der Waals surface area (Å²) in [4.78, 5) is 145. The van der Waals surface area contributed by atoms with Gasteiger partial charge < -0.3 is 74.3 Å². The number of sulfonamides is 1. The Labute approximate surface area is 791 Å². The SMILES string of the molecule is CCNC(=O)c1ccc(Cl)c(NC(=O)C(Oc2cccc(NC(=O)C(CC)Oc3ccc(C)cc3C)c2)C(=O)c2ccc(OC)c(NS(C)(=O)=O)c2)c1.COc1ccc(OC)c(NC(=O)C(Oc2ccc(C)cc2)C(=O)C2(C)CC2)c1.[C-]#[N+]C(OC(=O)N(C)C)c1cc(NC(=O)C(C)C)ccn1.[C-]#[N+]C(Oc1ccc(C(=O)N(CCCCCCCC)CCCCCCCC)cn1)C(C)=O. The minimum Gasteiger partial charge on any atom is -0.497 e. The molecule has 0 bridgehead atoms. The topological polar surface area (TPSA) is 392 Å². The number of aryl methyl sites for hydroxylation is 3. The number of hydrogen-bond acceptors (Lipinski definition) is 22. The van der Waals surface area contributed by atoms with Crippen molar-refractivity contribution in [2.45, 2.75) is 203 Å². The zero-order chi connectivity index (χ0) is 98.8. The second kappa shape index (κ2) is 55.0. The maximum atomic E-state index is 14.1. The highest BCUT2D eigenvalue weighted by Crippen LogP contribution is 2.47. The van der Waals surface area contributed by atoms with Crippen molar-refractivity contribution in [1.82, 2.24) is 25.1 Å². The van der Waals surface area contributed by atoms with Crippen LogP contribution in [0.3, 0.4) is 0 Å². The van der Waals surface area contributed by atoms with Crippen LogP contribution in [0.4, 0.5) is 33.2 Å². The van der Waals surface area contributed by atoms with Gasteiger partial charge in [-0.15, -0.1) is 0 Å². The minimum atomic E-state index is -3.79. The number of methoxy groups -OCH3 is 3. The van der Waals surface area contributed by atoms with Crippen LogP contribution < -0.4 is 64.5 Å². The van der Waals surface area contributed by atoms with E-state index < -0.39 is 81.7 Å². The van der Waals surface area contributed by atoms with Crippen molar-refractivity contribution >= 4 is 109 Å². The van der Waals surface area contributed by atoms with Crippen molar-refractivity contribution in [2.24, 2.45) is 11.3 Å². The van der Waals surface area contributed by atoms with Gasteiger partial charge in [-0.05, 0) is 162 Å². The summed E-state index contributed by atoms with van der Waals surface area (Å²) in [5, 5.41) is 13.6. The molecule has 1 aliphatic carbocycles. The molecule has 6 aromatic carbocycles. The molecule has 9 rings (SSSR count). The van der Waals surface area contributed by atoms with Gasteiger partial charge in [0.15, 0.2) is 17.6 Å². The summed E-state index contributed by atoms with van der Waals surface area (Å²) in [5.41, 5.74) is 4.59. The number of carbonyl (C=O) groups is 10. The first kappa shape index (κ1) is 109. The highest BCUT2D eigenvalue weighted by Gasteiger charge is 2.51. The van der Waals surface area contributed by atoms with E-state index in [0.29, 0.717) is 58.6 Å². The number of aromatic nitrogens is 2. The van der Waals surface area contributed by atoms with Crippen LogP contribution in [0, 0.1) is 45.2 Å². The lowest BCUT2D eigenvalue weighted by Crippen LogP contribution is -2.43. The van der Waals surface area contributed by atoms with E-state index in [9.17, 15) is 56.4 Å². The number of pyridine rings is 2. The molecule has 0 saturated heterocycles. The monoisotopic (exact) mass is 1880 g/mol. The fourth-order valence-electron chi connectivity index (χ4n) is 12.9. The van der Waals surface area contributed by atoms with Crippen molar-refractivity contribution in [3.63, 3.8) is 0 Å². The van der Waals surface area contributed by atoms with Crippen LogP contribution in [0.1, 0.15) is 211 Å². The predicted molar refractivity (Wildman–Crippen MR) is 516 cm³/mol. The lowest BCUT2D eigenvalue weighted by molar-refractivity contribution is -0.138. The van der Waals surface area contributed by atoms with Crippen molar-refractivity contribution < 1.29 is 94.3 Å². The standard InChI is InChI=1S/C38H41ClN4O9S.C26H41N3O3.C22H25NO5.C14H18N4O3/c1-7-31(52-32-16-12-22(3)18-23(32)4)37(46)41-26-10-9-11-27(21-26)51-35(34(44)24-14-17-33(50-5)30(19-24)43-53(6,48)49)38(47)42-29-20-25(13-15-28(29)39)36(45)40-8-2;1-5-7-9-11-13-15-19-29(20-16-14-12-10-8-6-2)26(31)23-17-18-24(28-21-23)32-25(27-4)22(3)30;1-14-5-7-15(8-6-14)28-19(20(24)22(2)11-12-22)21(25)23-17-13-16(26-3)9-10-18(17)27-4;1-9(2)12(19)17-10-6-7-16-11(8-10)13(15-3)21-14(20)18(4)5/h9-21,31,35,43H,7-8H2,1-6H3,(H,40,45)(H,41,46)(H,42,47);17-18,21,25H,5-16,19-20H2,1-3H3;5-10,13,19H,11-12H2,1-4H3,(H,23,25);6-9,13H,1-2,4-5H3,(H,16,17,19). The van der Waals surface area contributed by atoms with Crippen LogP contribution in [-0.2, 0) is 43.5 Å². The van der Waals surface area contributed by atoms with Crippen LogP contribution in [0.25, 0.3) is 9.69 Å². The van der Waals surface area contributed by atoms with Gasteiger partial charge in [-0.25, -0.2) is 36.3 Å². The second-order valence-corrected chi connectivity index (χ2v) is 34.7. The number of halogens is 1. The van der Waals surface area contributed by atoms with Gasteiger partial charge in [0.25, 0.3) is 35.3 Å². The van der Waals surface area contributed by atoms with Gasteiger partial charge in [-0.1, -0.05) is 159 Å². The van der Waals surface area contributed by atoms with Crippen LogP contribution in [-0.4, -0.2) is 173 Å². The number of benzene rings is 6. The maximum absolute atomic E-state index is 14.1. The fourth-order valence-corrected chi connectivity index (χ4v) is 13.6. The largest absolute Gasteiger partial charge is 0.497 e. The number of unbranched alkanes of at least 4 members (excludes halogenated alkanes) is 10. The van der Waals surface area contributed by atoms with E-state index in [-0.39, 0.29) is 79.9 Å². The van der Waals surface area contributed by atoms with Crippen molar-refractivity contribution in [1.29, 1.82) is 0 Å². The van der Waals surface area contributed by atoms with Gasteiger partial charge in [0.1, 0.15) is 34.5 Å². The number of carbonyl (C=O) groups excluding carboxylic acids is 10. The van der Waals surface area contributed by atoms with Crippen LogP contribution in [0.2, 0.25) is 5.02 Å². The first-order chi connectivity index (χ1) is 63.8. The van der Waals surface area contributed by atoms with E-state index in [4.69, 9.17) is 62.6 Å². The molecule has 718 valence electrons. The molecule has 2 heterocycles. The average molecular weight is 1880 g/mol. The van der Waals surface area contributed by atoms with Gasteiger partial charge in [0.2, 0.25) is 39.8 Å². The molecule has 32 nitrogen and oxygen atoms in total. The summed E-state index contributed by atoms with van der Waals surface area (Å²) in [6.45, 7) is 36.6. The normalized spacial score (nSPS) is 12.5. The highest BCUT2D eigenvalue weighted by molar-refractivity contribution is 7.92. The summed E-state index contributed by atoms with van der Waals surface area (Å²) >= 11 is 6.37. The van der Waals surface area contributed by atoms with Crippen LogP contribution >= 0.6 is 11.6 Å². The number of anilines is 5. The predicted octanol–water partition coefficient (Wildman–Crippen LogP) is 18.7. The quantitative estimate of drug-likeness (QED) is 0.00893. The zero-order valence-corrected chi connectivity index (χ0v) is 80.9. The number of ether oxygens (including phenoxy) is 8. The molecular weight excluding hydrogens is 1760 g/mol. The smallest absolute Gasteiger partial charge is 0.427 e. The molecule has 8 aromatic rings. The van der Waals surface area contributed by atoms with E-state index in [1.54, 1.807) is 81.4 Å². The van der Waals surface area contributed by atoms with Gasteiger partial charge >= 0.3 is 18.5 Å². The van der Waals surface area contributed by atoms with Gasteiger partial charge in [-0.2, -0.15) is 0 Å². The molecular formula is C100H125ClN12O20S. The molecule has 2 aromatic heterocycles. The highest BCUT2D eigenvalue weighted by atomic mass is 35.5. The second-order valence-electron chi connectivity index (χ2n) is 32.6. The Morgan fingerprint density at radius 1 is 0.552 bits per heavy atom. The van der Waals surface area contributed by atoms with Crippen LogP contribution in [0.5, 0.6) is 40.4 Å². The molecule has 7 amide bonds. The van der Waals surface area contributed by atoms with E-state index in [1.165, 1.54) is 166 Å². The minimum absolute atomic E-state index is 0.0144. The third-order valence-corrected chi connectivity index (χ3v) is 21.7. The Kier molecular flexibility index (Phi) is 44.8. The number of Topliss-reactive ketones (excluding diaryl/α,β-unsaturated/α-hetero) is 3. The molecule has 134 heavy (non-hydrogen) atoms. The Balaban J connectivity index is 0.000000293. The Bertz CT molecular complexity index is 5490. The molecule has 0 radical (unpaired) electrons. The van der Waals surface area contributed by atoms with Crippen molar-refractivity contribution in [3.8, 4) is 40.4 Å². The third kappa shape index (κ3) is 35.8. The Morgan fingerprint density at radius 2 is 1.12 bits per heavy atom. The molecule has 1 aliphatic rings. The lowest BCUT2D eigenvalue weighted by atomic mass is 9.98. The lowest BCUT2D eigenvalue weighted by Gasteiger charge is -2.23. The van der Waals surface area contributed by atoms with E-state index in [2.05, 4.69) is 64.8 Å². The van der Waals surface area contributed by atoms with E-state index >= 15 is 0 Å². The molecule has 1 fully saturated rings. The molecule has 0 spiro atoms. The summed E-state index contributed by atoms with van der Waals surface area (Å²) in [6.07, 6.45) is 13.2. The summed E-state index contributed by atoms with van der Waals surface area (Å²) in [5.74, 6) is -1.68. The molecule has 0 aliphatic heterocycles. The van der Waals surface area contributed by atoms with Crippen molar-refractivity contribution in [3.05, 3.63) is 225 Å². The summed E-state index contributed by atoms with van der Waals surface area (Å²) in [7, 11) is 3.63. The maximum Gasteiger partial charge on any atom is 0.427 e. The molecule has 6 N–H and O–H groups in total. The van der Waals surface area contributed by atoms with Gasteiger partial charge in [0, 0.05) is 105 Å². The zero-order valence-electron chi connectivity index (χ0n) is 79.3. The van der Waals surface area contributed by atoms with E-state index in [0.717, 1.165) is 74.6 Å². The van der Waals surface area contributed by atoms with Gasteiger partial charge in [0.05, 0.1) is 55.2 Å². The summed E-state index contributed by atoms with van der Waals surface area (Å²) in [6, 6.07) is 38.6. The average Bonchev–Trinajstić information content (AvgIpc) is 1.62. The van der Waals surface area contributed by atoms with Crippen molar-refractivity contribution in [2.75, 3.05) is 87.3 Å². The number of ketones is 3. The first-order valence-electron chi connectivity index (χ1n) is 44.4. The number of rotatable bonds is 46. The summed E-state index contributed by atoms with van der Waals surface area (Å²) < 4.78 is 70.3. The molecule has 5 atom stereocenters. The Morgan fingerprint density at radius 3 is 1.69 bits per heavy atom. The molecule has 1 saturated carbocycles. The molecule has 34 heteroatoms. The number of amides is 7. The van der Waals surface area contributed by atoms with Gasteiger partial charge in [-0.3, -0.25) is 57.6 Å². The number of nitrogens with zero attached hydrogens (tertiary/aromatic N) is 6. The number of nitrogens with one attached hydrogen (secondary N) is 6. The van der Waals surface area contributed by atoms with Crippen LogP contribution in [0.15, 0.2) is 158 Å². The third-order valence-electron chi connectivity index (χ3n) is 20.8. The fraction of sp³-hybridized carbons (Fsp3) is 0.420. The Hall–Kier alpha value is -13.7. The first-order valence-corrected chi connectivity index (χ1v) is 46.6. The number of hydrogen-bond donors (Lipinski definition) is 6. The van der Waals surface area contributed by atoms with E-state index in [1.807, 2.05) is 69.9 Å². The molecule has 5 unspecified atom stereocenters.